The Bertz CT molecular complexity index is 1120. The number of carbonyl (C=O) groups excluding carboxylic acids is 3. The first kappa shape index (κ1) is 24.5. The number of esters is 1. The Morgan fingerprint density at radius 1 is 1.03 bits per heavy atom. The fraction of sp³-hybridized carbons (Fsp3) is 0.190. The topological polar surface area (TPSA) is 120 Å². The Morgan fingerprint density at radius 3 is 2.55 bits per heavy atom. The summed E-state index contributed by atoms with van der Waals surface area (Å²) in [6.45, 7) is 1.74. The maximum Gasteiger partial charge on any atom is 0.340 e. The van der Waals surface area contributed by atoms with Crippen LogP contribution < -0.4 is 15.4 Å². The molecule has 33 heavy (non-hydrogen) atoms. The molecule has 0 saturated heterocycles. The molecule has 0 unspecified atom stereocenters. The van der Waals surface area contributed by atoms with E-state index in [9.17, 15) is 14.4 Å². The zero-order valence-corrected chi connectivity index (χ0v) is 19.8. The molecule has 3 aromatic rings. The van der Waals surface area contributed by atoms with Gasteiger partial charge in [0.05, 0.1) is 23.6 Å². The van der Waals surface area contributed by atoms with Crippen LogP contribution in [0.1, 0.15) is 17.3 Å². The van der Waals surface area contributed by atoms with Gasteiger partial charge in [-0.25, -0.2) is 4.79 Å². The molecule has 0 bridgehead atoms. The Hall–Kier alpha value is -3.15. The summed E-state index contributed by atoms with van der Waals surface area (Å²) < 4.78 is 10.9. The molecule has 0 aliphatic heterocycles. The molecule has 1 aromatic heterocycles. The van der Waals surface area contributed by atoms with Gasteiger partial charge in [0.15, 0.2) is 10.9 Å². The molecule has 0 atom stereocenters. The van der Waals surface area contributed by atoms with Gasteiger partial charge in [0, 0.05) is 5.02 Å². The molecule has 2 aromatic carbocycles. The minimum Gasteiger partial charge on any atom is -0.484 e. The predicted molar refractivity (Wildman–Crippen MR) is 127 cm³/mol. The molecule has 9 nitrogen and oxygen atoms in total. The van der Waals surface area contributed by atoms with Crippen molar-refractivity contribution in [2.24, 2.45) is 0 Å². The van der Waals surface area contributed by atoms with Crippen LogP contribution >= 0.6 is 34.7 Å². The molecule has 0 aliphatic carbocycles. The van der Waals surface area contributed by atoms with Crippen molar-refractivity contribution >= 4 is 63.3 Å². The van der Waals surface area contributed by atoms with E-state index in [2.05, 4.69) is 20.8 Å². The summed E-state index contributed by atoms with van der Waals surface area (Å²) in [6.07, 6.45) is 0. The van der Waals surface area contributed by atoms with Crippen molar-refractivity contribution in [1.29, 1.82) is 0 Å². The van der Waals surface area contributed by atoms with Gasteiger partial charge in [-0.15, -0.1) is 10.2 Å². The van der Waals surface area contributed by atoms with Crippen molar-refractivity contribution in [3.63, 3.8) is 0 Å². The molecule has 0 spiro atoms. The highest BCUT2D eigenvalue weighted by atomic mass is 35.5. The minimum absolute atomic E-state index is 0.0411. The Balaban J connectivity index is 1.46. The van der Waals surface area contributed by atoms with E-state index in [1.54, 1.807) is 55.5 Å². The maximum atomic E-state index is 12.3. The molecule has 0 radical (unpaired) electrons. The van der Waals surface area contributed by atoms with E-state index in [-0.39, 0.29) is 35.6 Å². The van der Waals surface area contributed by atoms with Gasteiger partial charge < -0.3 is 14.8 Å². The third-order valence-electron chi connectivity index (χ3n) is 3.86. The SMILES string of the molecule is CCOC(=O)c1ccccc1NC(=O)CSc1nnc(NC(=O)COc2ccc(Cl)cc2)s1. The van der Waals surface area contributed by atoms with Crippen LogP contribution in [0, 0.1) is 0 Å². The van der Waals surface area contributed by atoms with Crippen molar-refractivity contribution in [2.75, 3.05) is 29.6 Å². The number of hydrogen-bond acceptors (Lipinski definition) is 9. The zero-order valence-electron chi connectivity index (χ0n) is 17.4. The van der Waals surface area contributed by atoms with E-state index in [1.165, 1.54) is 0 Å². The maximum absolute atomic E-state index is 12.3. The van der Waals surface area contributed by atoms with Crippen LogP contribution in [0.15, 0.2) is 52.9 Å². The lowest BCUT2D eigenvalue weighted by Gasteiger charge is -2.09. The number of benzene rings is 2. The van der Waals surface area contributed by atoms with Crippen molar-refractivity contribution in [3.8, 4) is 5.75 Å². The number of rotatable bonds is 10. The third kappa shape index (κ3) is 7.74. The lowest BCUT2D eigenvalue weighted by atomic mass is 10.2. The van der Waals surface area contributed by atoms with Gasteiger partial charge in [-0.05, 0) is 43.3 Å². The number of thioether (sulfide) groups is 1. The first-order valence-electron chi connectivity index (χ1n) is 9.65. The molecular weight excluding hydrogens is 488 g/mol. The Kier molecular flexibility index (Phi) is 9.04. The lowest BCUT2D eigenvalue weighted by Crippen LogP contribution is -2.20. The summed E-state index contributed by atoms with van der Waals surface area (Å²) in [5.74, 6) is -0.677. The first-order valence-corrected chi connectivity index (χ1v) is 11.8. The number of anilines is 2. The van der Waals surface area contributed by atoms with Crippen molar-refractivity contribution < 1.29 is 23.9 Å². The van der Waals surface area contributed by atoms with E-state index in [1.807, 2.05) is 0 Å². The molecule has 12 heteroatoms. The molecule has 1 heterocycles. The number of carbonyl (C=O) groups is 3. The number of hydrogen-bond donors (Lipinski definition) is 2. The van der Waals surface area contributed by atoms with Crippen LogP contribution in [0.5, 0.6) is 5.75 Å². The summed E-state index contributed by atoms with van der Waals surface area (Å²) in [5, 5.41) is 14.0. The van der Waals surface area contributed by atoms with Gasteiger partial charge in [0.25, 0.3) is 5.91 Å². The molecule has 0 fully saturated rings. The molecule has 2 amide bonds. The van der Waals surface area contributed by atoms with Crippen LogP contribution in [0.2, 0.25) is 5.02 Å². The fourth-order valence-corrected chi connectivity index (χ4v) is 4.14. The molecule has 0 aliphatic rings. The highest BCUT2D eigenvalue weighted by Crippen LogP contribution is 2.26. The van der Waals surface area contributed by atoms with Gasteiger partial charge in [0.2, 0.25) is 11.0 Å². The normalized spacial score (nSPS) is 10.4. The van der Waals surface area contributed by atoms with Gasteiger partial charge in [0.1, 0.15) is 5.75 Å². The second-order valence-electron chi connectivity index (χ2n) is 6.27. The van der Waals surface area contributed by atoms with Crippen molar-refractivity contribution in [2.45, 2.75) is 11.3 Å². The minimum atomic E-state index is -0.509. The number of halogens is 1. The predicted octanol–water partition coefficient (Wildman–Crippen LogP) is 4.12. The van der Waals surface area contributed by atoms with E-state index in [0.29, 0.717) is 20.8 Å². The van der Waals surface area contributed by atoms with E-state index < -0.39 is 11.9 Å². The van der Waals surface area contributed by atoms with Crippen LogP contribution in [0.25, 0.3) is 0 Å². The number of nitrogens with zero attached hydrogens (tertiary/aromatic N) is 2. The van der Waals surface area contributed by atoms with Gasteiger partial charge >= 0.3 is 5.97 Å². The van der Waals surface area contributed by atoms with Crippen LogP contribution in [-0.2, 0) is 14.3 Å². The standard InChI is InChI=1S/C21H19ClN4O5S2/c1-2-30-19(29)15-5-3-4-6-16(15)23-18(28)12-32-21-26-25-20(33-21)24-17(27)11-31-14-9-7-13(22)8-10-14/h3-10H,2,11-12H2,1H3,(H,23,28)(H,24,25,27). The number of para-hydroxylation sites is 1. The Morgan fingerprint density at radius 2 is 1.79 bits per heavy atom. The quantitative estimate of drug-likeness (QED) is 0.239. The summed E-state index contributed by atoms with van der Waals surface area (Å²) in [5.41, 5.74) is 0.645. The average Bonchev–Trinajstić information content (AvgIpc) is 3.25. The second kappa shape index (κ2) is 12.2. The molecule has 0 saturated carbocycles. The third-order valence-corrected chi connectivity index (χ3v) is 6.08. The Labute approximate surface area is 202 Å². The van der Waals surface area contributed by atoms with E-state index in [4.69, 9.17) is 21.1 Å². The summed E-state index contributed by atoms with van der Waals surface area (Å²) in [6, 6.07) is 13.2. The van der Waals surface area contributed by atoms with Crippen LogP contribution in [-0.4, -0.2) is 46.9 Å². The smallest absolute Gasteiger partial charge is 0.340 e. The second-order valence-corrected chi connectivity index (χ2v) is 8.90. The van der Waals surface area contributed by atoms with Gasteiger partial charge in [-0.2, -0.15) is 0 Å². The zero-order chi connectivity index (χ0) is 23.6. The largest absolute Gasteiger partial charge is 0.484 e. The summed E-state index contributed by atoms with van der Waals surface area (Å²) in [7, 11) is 0. The van der Waals surface area contributed by atoms with E-state index in [0.717, 1.165) is 23.1 Å². The molecule has 2 N–H and O–H groups in total. The number of amides is 2. The highest BCUT2D eigenvalue weighted by molar-refractivity contribution is 8.01. The number of ether oxygens (including phenoxy) is 2. The number of nitrogens with one attached hydrogen (secondary N) is 2. The van der Waals surface area contributed by atoms with Crippen LogP contribution in [0.3, 0.4) is 0 Å². The highest BCUT2D eigenvalue weighted by Gasteiger charge is 2.15. The van der Waals surface area contributed by atoms with E-state index >= 15 is 0 Å². The van der Waals surface area contributed by atoms with Gasteiger partial charge in [-0.3, -0.25) is 14.9 Å². The summed E-state index contributed by atoms with van der Waals surface area (Å²) in [4.78, 5) is 36.4. The molecule has 3 rings (SSSR count). The number of aromatic nitrogens is 2. The van der Waals surface area contributed by atoms with Crippen molar-refractivity contribution in [1.82, 2.24) is 10.2 Å². The summed E-state index contributed by atoms with van der Waals surface area (Å²) >= 11 is 8.09. The average molecular weight is 507 g/mol. The molecular formula is C21H19ClN4O5S2. The molecule has 172 valence electrons. The van der Waals surface area contributed by atoms with Gasteiger partial charge in [-0.1, -0.05) is 46.8 Å². The lowest BCUT2D eigenvalue weighted by molar-refractivity contribution is -0.118. The first-order chi connectivity index (χ1) is 15.9. The van der Waals surface area contributed by atoms with Crippen LogP contribution in [0.4, 0.5) is 10.8 Å². The monoisotopic (exact) mass is 506 g/mol. The fourth-order valence-electron chi connectivity index (χ4n) is 2.45. The van der Waals surface area contributed by atoms with Crippen molar-refractivity contribution in [3.05, 3.63) is 59.1 Å².